The van der Waals surface area contributed by atoms with Crippen LogP contribution in [-0.2, 0) is 17.9 Å². The minimum atomic E-state index is 0.336. The Morgan fingerprint density at radius 2 is 1.95 bits per heavy atom. The molecule has 0 bridgehead atoms. The molecular weight excluding hydrogens is 326 g/mol. The Hall–Kier alpha value is -0.380. The van der Waals surface area contributed by atoms with Gasteiger partial charge in [-0.25, -0.2) is 0 Å². The minimum absolute atomic E-state index is 0.336. The molecule has 1 aromatic rings. The first-order valence-electron chi connectivity index (χ1n) is 7.84. The second-order valence-corrected chi connectivity index (χ2v) is 8.17. The van der Waals surface area contributed by atoms with Crippen LogP contribution in [0.2, 0.25) is 0 Å². The highest BCUT2D eigenvalue weighted by atomic mass is 79.9. The highest BCUT2D eigenvalue weighted by molar-refractivity contribution is 9.10. The number of benzene rings is 1. The van der Waals surface area contributed by atoms with Crippen molar-refractivity contribution >= 4 is 15.9 Å². The first-order valence-corrected chi connectivity index (χ1v) is 8.63. The fourth-order valence-electron chi connectivity index (χ4n) is 1.88. The lowest BCUT2D eigenvalue weighted by atomic mass is 9.93. The summed E-state index contributed by atoms with van der Waals surface area (Å²) < 4.78 is 6.92. The molecule has 0 aromatic heterocycles. The van der Waals surface area contributed by atoms with Crippen molar-refractivity contribution in [2.24, 2.45) is 11.3 Å². The van der Waals surface area contributed by atoms with Gasteiger partial charge >= 0.3 is 0 Å². The average Bonchev–Trinajstić information content (AvgIpc) is 2.35. The number of nitrogens with one attached hydrogen (secondary N) is 1. The zero-order valence-electron chi connectivity index (χ0n) is 14.1. The average molecular weight is 356 g/mol. The van der Waals surface area contributed by atoms with Crippen LogP contribution in [0, 0.1) is 11.3 Å². The molecule has 2 nitrogen and oxygen atoms in total. The predicted octanol–water partition coefficient (Wildman–Crippen LogP) is 5.15. The molecule has 120 valence electrons. The summed E-state index contributed by atoms with van der Waals surface area (Å²) in [4.78, 5) is 0. The highest BCUT2D eigenvalue weighted by Gasteiger charge is 2.09. The van der Waals surface area contributed by atoms with Crippen LogP contribution in [0.1, 0.15) is 52.2 Å². The maximum Gasteiger partial charge on any atom is 0.0727 e. The molecule has 0 aliphatic rings. The third kappa shape index (κ3) is 8.60. The smallest absolute Gasteiger partial charge is 0.0727 e. The third-order valence-electron chi connectivity index (χ3n) is 3.25. The Bertz CT molecular complexity index is 424. The lowest BCUT2D eigenvalue weighted by Gasteiger charge is -2.18. The van der Waals surface area contributed by atoms with Crippen molar-refractivity contribution in [1.82, 2.24) is 5.32 Å². The molecule has 0 radical (unpaired) electrons. The normalized spacial score (nSPS) is 12.1. The van der Waals surface area contributed by atoms with E-state index in [0.29, 0.717) is 17.9 Å². The molecule has 0 amide bonds. The van der Waals surface area contributed by atoms with E-state index in [1.54, 1.807) is 0 Å². The van der Waals surface area contributed by atoms with Gasteiger partial charge < -0.3 is 10.1 Å². The van der Waals surface area contributed by atoms with Crippen LogP contribution in [0.15, 0.2) is 22.7 Å². The van der Waals surface area contributed by atoms with Gasteiger partial charge in [-0.1, -0.05) is 62.7 Å². The standard InChI is InChI=1S/C18H30BrNO/c1-14(2)11-20-12-15-6-7-16(17(19)10-15)13-21-9-8-18(3,4)5/h6-7,10,14,20H,8-9,11-13H2,1-5H3. The monoisotopic (exact) mass is 355 g/mol. The van der Waals surface area contributed by atoms with Crippen molar-refractivity contribution in [3.05, 3.63) is 33.8 Å². The molecule has 1 rings (SSSR count). The van der Waals surface area contributed by atoms with Gasteiger partial charge in [-0.15, -0.1) is 0 Å². The number of hydrogen-bond donors (Lipinski definition) is 1. The van der Waals surface area contributed by atoms with Crippen LogP contribution in [-0.4, -0.2) is 13.2 Å². The summed E-state index contributed by atoms with van der Waals surface area (Å²) >= 11 is 3.65. The summed E-state index contributed by atoms with van der Waals surface area (Å²) in [6.45, 7) is 14.6. The molecule has 3 heteroatoms. The maximum absolute atomic E-state index is 5.78. The fraction of sp³-hybridized carbons (Fsp3) is 0.667. The molecular formula is C18H30BrNO. The van der Waals surface area contributed by atoms with Crippen LogP contribution in [0.4, 0.5) is 0 Å². The summed E-state index contributed by atoms with van der Waals surface area (Å²) in [6.07, 6.45) is 1.09. The van der Waals surface area contributed by atoms with Crippen LogP contribution in [0.3, 0.4) is 0 Å². The zero-order valence-corrected chi connectivity index (χ0v) is 15.7. The van der Waals surface area contributed by atoms with Crippen molar-refractivity contribution < 1.29 is 4.74 Å². The van der Waals surface area contributed by atoms with Crippen LogP contribution in [0.25, 0.3) is 0 Å². The second kappa shape index (κ2) is 8.92. The summed E-state index contributed by atoms with van der Waals surface area (Å²) in [6, 6.07) is 6.53. The lowest BCUT2D eigenvalue weighted by Crippen LogP contribution is -2.18. The van der Waals surface area contributed by atoms with E-state index in [2.05, 4.69) is 74.1 Å². The topological polar surface area (TPSA) is 21.3 Å². The predicted molar refractivity (Wildman–Crippen MR) is 94.4 cm³/mol. The van der Waals surface area contributed by atoms with Crippen molar-refractivity contribution in [3.8, 4) is 0 Å². The molecule has 0 saturated heterocycles. The molecule has 1 aromatic carbocycles. The van der Waals surface area contributed by atoms with E-state index in [1.165, 1.54) is 11.1 Å². The number of hydrogen-bond acceptors (Lipinski definition) is 2. The van der Waals surface area contributed by atoms with E-state index >= 15 is 0 Å². The van der Waals surface area contributed by atoms with Crippen LogP contribution < -0.4 is 5.32 Å². The molecule has 0 unspecified atom stereocenters. The minimum Gasteiger partial charge on any atom is -0.377 e. The molecule has 0 aliphatic carbocycles. The van der Waals surface area contributed by atoms with E-state index in [0.717, 1.165) is 30.6 Å². The second-order valence-electron chi connectivity index (χ2n) is 7.31. The van der Waals surface area contributed by atoms with Gasteiger partial charge in [0.2, 0.25) is 0 Å². The van der Waals surface area contributed by atoms with Gasteiger partial charge in [0.1, 0.15) is 0 Å². The lowest BCUT2D eigenvalue weighted by molar-refractivity contribution is 0.0959. The molecule has 0 heterocycles. The number of ether oxygens (including phenoxy) is 1. The summed E-state index contributed by atoms with van der Waals surface area (Å²) in [5.74, 6) is 0.684. The third-order valence-corrected chi connectivity index (χ3v) is 3.99. The van der Waals surface area contributed by atoms with E-state index in [9.17, 15) is 0 Å². The first kappa shape index (κ1) is 18.7. The van der Waals surface area contributed by atoms with Crippen LogP contribution in [0.5, 0.6) is 0 Å². The SMILES string of the molecule is CC(C)CNCc1ccc(COCCC(C)(C)C)c(Br)c1. The largest absolute Gasteiger partial charge is 0.377 e. The molecule has 0 fully saturated rings. The van der Waals surface area contributed by atoms with Gasteiger partial charge in [0.15, 0.2) is 0 Å². The van der Waals surface area contributed by atoms with Gasteiger partial charge in [-0.2, -0.15) is 0 Å². The first-order chi connectivity index (χ1) is 9.78. The van der Waals surface area contributed by atoms with E-state index in [1.807, 2.05) is 0 Å². The Morgan fingerprint density at radius 3 is 2.52 bits per heavy atom. The molecule has 21 heavy (non-hydrogen) atoms. The molecule has 0 aliphatic heterocycles. The van der Waals surface area contributed by atoms with Gasteiger partial charge in [0, 0.05) is 17.6 Å². The van der Waals surface area contributed by atoms with E-state index < -0.39 is 0 Å². The summed E-state index contributed by atoms with van der Waals surface area (Å²) in [5.41, 5.74) is 2.86. The fourth-order valence-corrected chi connectivity index (χ4v) is 2.42. The number of halogens is 1. The van der Waals surface area contributed by atoms with Crippen molar-refractivity contribution in [2.45, 2.75) is 54.2 Å². The van der Waals surface area contributed by atoms with E-state index in [-0.39, 0.29) is 0 Å². The quantitative estimate of drug-likeness (QED) is 0.651. The van der Waals surface area contributed by atoms with Gasteiger partial charge in [-0.05, 0) is 41.5 Å². The Kier molecular flexibility index (Phi) is 7.93. The molecule has 0 atom stereocenters. The Balaban J connectivity index is 2.39. The van der Waals surface area contributed by atoms with Crippen LogP contribution >= 0.6 is 15.9 Å². The molecule has 0 saturated carbocycles. The molecule has 0 spiro atoms. The van der Waals surface area contributed by atoms with Gasteiger partial charge in [-0.3, -0.25) is 0 Å². The van der Waals surface area contributed by atoms with Crippen molar-refractivity contribution in [1.29, 1.82) is 0 Å². The summed E-state index contributed by atoms with van der Waals surface area (Å²) in [7, 11) is 0. The molecule has 1 N–H and O–H groups in total. The highest BCUT2D eigenvalue weighted by Crippen LogP contribution is 2.21. The maximum atomic E-state index is 5.78. The van der Waals surface area contributed by atoms with Gasteiger partial charge in [0.25, 0.3) is 0 Å². The van der Waals surface area contributed by atoms with E-state index in [4.69, 9.17) is 4.74 Å². The van der Waals surface area contributed by atoms with Crippen molar-refractivity contribution in [3.63, 3.8) is 0 Å². The Labute approximate surface area is 138 Å². The zero-order chi connectivity index (χ0) is 15.9. The van der Waals surface area contributed by atoms with Gasteiger partial charge in [0.05, 0.1) is 6.61 Å². The Morgan fingerprint density at radius 1 is 1.24 bits per heavy atom. The number of rotatable bonds is 8. The van der Waals surface area contributed by atoms with Crippen molar-refractivity contribution in [2.75, 3.05) is 13.2 Å². The summed E-state index contributed by atoms with van der Waals surface area (Å²) in [5, 5.41) is 3.46.